The zero-order valence-corrected chi connectivity index (χ0v) is 16.3. The third kappa shape index (κ3) is 3.59. The van der Waals surface area contributed by atoms with Crippen molar-refractivity contribution in [2.45, 2.75) is 18.9 Å². The summed E-state index contributed by atoms with van der Waals surface area (Å²) in [5.74, 6) is 1.49. The maximum absolute atomic E-state index is 12.5. The van der Waals surface area contributed by atoms with Crippen LogP contribution in [0.2, 0.25) is 0 Å². The molecule has 150 valence electrons. The number of fused-ring (bicyclic) bond motifs is 1. The Hall–Kier alpha value is -3.81. The SMILES string of the molecule is O=C(NC1CCCN(c2ccc3nnc(-c4ccccc4)n3n2)C1)c1ccncc1. The number of hydrogen-bond acceptors (Lipinski definition) is 6. The molecular weight excluding hydrogens is 378 g/mol. The molecule has 5 rings (SSSR count). The first-order valence-corrected chi connectivity index (χ1v) is 10.0. The highest BCUT2D eigenvalue weighted by atomic mass is 16.1. The highest BCUT2D eigenvalue weighted by Crippen LogP contribution is 2.22. The number of carbonyl (C=O) groups excluding carboxylic acids is 1. The third-order valence-corrected chi connectivity index (χ3v) is 5.30. The lowest BCUT2D eigenvalue weighted by Gasteiger charge is -2.33. The first kappa shape index (κ1) is 18.2. The number of anilines is 1. The van der Waals surface area contributed by atoms with Crippen LogP contribution in [-0.2, 0) is 0 Å². The van der Waals surface area contributed by atoms with Crippen LogP contribution in [0.3, 0.4) is 0 Å². The van der Waals surface area contributed by atoms with Crippen molar-refractivity contribution in [1.82, 2.24) is 30.1 Å². The molecule has 1 atom stereocenters. The molecule has 1 saturated heterocycles. The molecule has 3 aromatic heterocycles. The van der Waals surface area contributed by atoms with Crippen LogP contribution in [0.25, 0.3) is 17.0 Å². The Balaban J connectivity index is 1.36. The van der Waals surface area contributed by atoms with Gasteiger partial charge in [0.05, 0.1) is 0 Å². The lowest BCUT2D eigenvalue weighted by molar-refractivity contribution is 0.0933. The van der Waals surface area contributed by atoms with Crippen molar-refractivity contribution >= 4 is 17.4 Å². The normalized spacial score (nSPS) is 16.5. The van der Waals surface area contributed by atoms with E-state index in [9.17, 15) is 4.79 Å². The fraction of sp³-hybridized carbons (Fsp3) is 0.227. The second-order valence-electron chi connectivity index (χ2n) is 7.35. The monoisotopic (exact) mass is 399 g/mol. The number of aromatic nitrogens is 5. The molecule has 8 nitrogen and oxygen atoms in total. The Morgan fingerprint density at radius 2 is 1.83 bits per heavy atom. The molecule has 0 spiro atoms. The molecule has 0 aliphatic carbocycles. The quantitative estimate of drug-likeness (QED) is 0.567. The first-order chi connectivity index (χ1) is 14.8. The largest absolute Gasteiger partial charge is 0.353 e. The molecule has 0 bridgehead atoms. The first-order valence-electron chi connectivity index (χ1n) is 10.0. The van der Waals surface area contributed by atoms with E-state index in [2.05, 4.69) is 25.4 Å². The van der Waals surface area contributed by atoms with Crippen LogP contribution >= 0.6 is 0 Å². The van der Waals surface area contributed by atoms with E-state index >= 15 is 0 Å². The molecule has 1 aromatic carbocycles. The summed E-state index contributed by atoms with van der Waals surface area (Å²) in [7, 11) is 0. The number of carbonyl (C=O) groups is 1. The molecule has 1 N–H and O–H groups in total. The predicted molar refractivity (Wildman–Crippen MR) is 113 cm³/mol. The molecule has 0 radical (unpaired) electrons. The van der Waals surface area contributed by atoms with Gasteiger partial charge in [-0.05, 0) is 37.1 Å². The van der Waals surface area contributed by atoms with Gasteiger partial charge in [-0.2, -0.15) is 4.52 Å². The van der Waals surface area contributed by atoms with Gasteiger partial charge in [0.1, 0.15) is 5.82 Å². The summed E-state index contributed by atoms with van der Waals surface area (Å²) in [6.07, 6.45) is 5.18. The molecule has 1 fully saturated rings. The second kappa shape index (κ2) is 7.90. The van der Waals surface area contributed by atoms with Crippen LogP contribution in [0.4, 0.5) is 5.82 Å². The summed E-state index contributed by atoms with van der Waals surface area (Å²) in [6.45, 7) is 1.60. The Morgan fingerprint density at radius 1 is 1.00 bits per heavy atom. The van der Waals surface area contributed by atoms with Crippen molar-refractivity contribution in [1.29, 1.82) is 0 Å². The fourth-order valence-electron chi connectivity index (χ4n) is 3.79. The summed E-state index contributed by atoms with van der Waals surface area (Å²) in [6, 6.07) is 17.3. The Kier molecular flexibility index (Phi) is 4.80. The van der Waals surface area contributed by atoms with E-state index in [-0.39, 0.29) is 11.9 Å². The highest BCUT2D eigenvalue weighted by molar-refractivity contribution is 5.94. The smallest absolute Gasteiger partial charge is 0.251 e. The number of piperidine rings is 1. The molecule has 1 unspecified atom stereocenters. The maximum atomic E-state index is 12.5. The van der Waals surface area contributed by atoms with E-state index in [1.807, 2.05) is 42.5 Å². The molecule has 4 aromatic rings. The van der Waals surface area contributed by atoms with E-state index in [1.165, 1.54) is 0 Å². The molecule has 4 heterocycles. The van der Waals surface area contributed by atoms with Gasteiger partial charge in [-0.3, -0.25) is 9.78 Å². The summed E-state index contributed by atoms with van der Waals surface area (Å²) >= 11 is 0. The number of rotatable bonds is 4. The van der Waals surface area contributed by atoms with Gasteiger partial charge in [0.2, 0.25) is 0 Å². The standard InChI is InChI=1S/C22H21N7O/c30-22(17-10-12-23-13-11-17)24-18-7-4-14-28(15-18)20-9-8-19-25-26-21(29(19)27-20)16-5-2-1-3-6-16/h1-3,5-6,8-13,18H,4,7,14-15H2,(H,24,30). The zero-order chi connectivity index (χ0) is 20.3. The van der Waals surface area contributed by atoms with Crippen LogP contribution in [0.15, 0.2) is 67.0 Å². The van der Waals surface area contributed by atoms with Gasteiger partial charge in [0.25, 0.3) is 5.91 Å². The number of nitrogens with one attached hydrogen (secondary N) is 1. The van der Waals surface area contributed by atoms with E-state index in [1.54, 1.807) is 29.0 Å². The molecule has 1 aliphatic heterocycles. The van der Waals surface area contributed by atoms with E-state index < -0.39 is 0 Å². The Morgan fingerprint density at radius 3 is 2.67 bits per heavy atom. The summed E-state index contributed by atoms with van der Waals surface area (Å²) in [4.78, 5) is 18.7. The fourth-order valence-corrected chi connectivity index (χ4v) is 3.79. The predicted octanol–water partition coefficient (Wildman–Crippen LogP) is 2.59. The number of benzene rings is 1. The number of hydrogen-bond donors (Lipinski definition) is 1. The van der Waals surface area contributed by atoms with Gasteiger partial charge >= 0.3 is 0 Å². The second-order valence-corrected chi connectivity index (χ2v) is 7.35. The van der Waals surface area contributed by atoms with Crippen molar-refractivity contribution in [3.63, 3.8) is 0 Å². The van der Waals surface area contributed by atoms with E-state index in [4.69, 9.17) is 5.10 Å². The topological polar surface area (TPSA) is 88.3 Å². The summed E-state index contributed by atoms with van der Waals surface area (Å²) < 4.78 is 1.78. The summed E-state index contributed by atoms with van der Waals surface area (Å²) in [5, 5.41) is 16.5. The third-order valence-electron chi connectivity index (χ3n) is 5.30. The number of pyridine rings is 1. The molecule has 0 saturated carbocycles. The lowest BCUT2D eigenvalue weighted by Crippen LogP contribution is -2.48. The van der Waals surface area contributed by atoms with Crippen molar-refractivity contribution in [2.24, 2.45) is 0 Å². The van der Waals surface area contributed by atoms with E-state index in [0.29, 0.717) is 23.6 Å². The number of nitrogens with zero attached hydrogens (tertiary/aromatic N) is 6. The van der Waals surface area contributed by atoms with Crippen LogP contribution in [0, 0.1) is 0 Å². The van der Waals surface area contributed by atoms with Gasteiger partial charge in [-0.25, -0.2) is 0 Å². The Labute approximate surface area is 173 Å². The molecule has 8 heteroatoms. The lowest BCUT2D eigenvalue weighted by atomic mass is 10.1. The number of amides is 1. The minimum atomic E-state index is -0.0714. The average Bonchev–Trinajstić information content (AvgIpc) is 3.24. The van der Waals surface area contributed by atoms with Gasteiger partial charge in [0.15, 0.2) is 11.5 Å². The van der Waals surface area contributed by atoms with Gasteiger partial charge < -0.3 is 10.2 Å². The molecular formula is C22H21N7O. The molecule has 30 heavy (non-hydrogen) atoms. The van der Waals surface area contributed by atoms with Crippen LogP contribution in [0.5, 0.6) is 0 Å². The summed E-state index contributed by atoms with van der Waals surface area (Å²) in [5.41, 5.74) is 2.30. The highest BCUT2D eigenvalue weighted by Gasteiger charge is 2.23. The van der Waals surface area contributed by atoms with Gasteiger partial charge in [0, 0.05) is 42.7 Å². The van der Waals surface area contributed by atoms with Crippen LogP contribution in [-0.4, -0.2) is 49.8 Å². The van der Waals surface area contributed by atoms with Crippen molar-refractivity contribution < 1.29 is 4.79 Å². The van der Waals surface area contributed by atoms with Crippen molar-refractivity contribution in [2.75, 3.05) is 18.0 Å². The average molecular weight is 399 g/mol. The molecule has 1 amide bonds. The van der Waals surface area contributed by atoms with Gasteiger partial charge in [-0.1, -0.05) is 30.3 Å². The maximum Gasteiger partial charge on any atom is 0.251 e. The Bertz CT molecular complexity index is 1160. The van der Waals surface area contributed by atoms with Gasteiger partial charge in [-0.15, -0.1) is 15.3 Å². The van der Waals surface area contributed by atoms with Crippen molar-refractivity contribution in [3.8, 4) is 11.4 Å². The minimum Gasteiger partial charge on any atom is -0.353 e. The van der Waals surface area contributed by atoms with Crippen LogP contribution in [0.1, 0.15) is 23.2 Å². The molecule has 1 aliphatic rings. The van der Waals surface area contributed by atoms with Crippen LogP contribution < -0.4 is 10.2 Å². The van der Waals surface area contributed by atoms with E-state index in [0.717, 1.165) is 30.8 Å². The minimum absolute atomic E-state index is 0.0615. The zero-order valence-electron chi connectivity index (χ0n) is 16.3. The van der Waals surface area contributed by atoms with Crippen molar-refractivity contribution in [3.05, 3.63) is 72.6 Å².